The van der Waals surface area contributed by atoms with Crippen LogP contribution >= 0.6 is 15.9 Å². The molecule has 144 valence electrons. The third-order valence-electron chi connectivity index (χ3n) is 4.89. The lowest BCUT2D eigenvalue weighted by Crippen LogP contribution is -2.40. The summed E-state index contributed by atoms with van der Waals surface area (Å²) in [6, 6.07) is 16.9. The minimum Gasteiger partial charge on any atom is -0.338 e. The summed E-state index contributed by atoms with van der Waals surface area (Å²) in [6.07, 6.45) is 1.34. The molecule has 0 bridgehead atoms. The molecule has 1 aliphatic rings. The number of benzene rings is 2. The molecule has 1 atom stereocenters. The Balaban J connectivity index is 1.74. The highest BCUT2D eigenvalue weighted by molar-refractivity contribution is 9.10. The molecule has 28 heavy (non-hydrogen) atoms. The number of carbonyl (C=O) groups is 2. The monoisotopic (exact) mass is 439 g/mol. The van der Waals surface area contributed by atoms with Gasteiger partial charge < -0.3 is 9.80 Å². The van der Waals surface area contributed by atoms with Crippen molar-refractivity contribution in [3.8, 4) is 6.07 Å². The van der Waals surface area contributed by atoms with Gasteiger partial charge in [-0.3, -0.25) is 9.59 Å². The van der Waals surface area contributed by atoms with Crippen LogP contribution in [0.2, 0.25) is 0 Å². The minimum absolute atomic E-state index is 0.117. The Kier molecular flexibility index (Phi) is 6.48. The third-order valence-corrected chi connectivity index (χ3v) is 5.38. The minimum atomic E-state index is -0.635. The molecule has 2 amide bonds. The number of nitriles is 1. The molecule has 1 fully saturated rings. The molecule has 1 unspecified atom stereocenters. The van der Waals surface area contributed by atoms with Gasteiger partial charge in [-0.15, -0.1) is 0 Å². The van der Waals surface area contributed by atoms with Crippen molar-refractivity contribution in [1.82, 2.24) is 4.90 Å². The van der Waals surface area contributed by atoms with Crippen LogP contribution in [-0.4, -0.2) is 29.8 Å². The fourth-order valence-electron chi connectivity index (χ4n) is 3.47. The highest BCUT2D eigenvalue weighted by Gasteiger charge is 2.39. The Hall–Kier alpha value is -2.65. The van der Waals surface area contributed by atoms with E-state index < -0.39 is 5.92 Å². The Morgan fingerprint density at radius 2 is 2.04 bits per heavy atom. The van der Waals surface area contributed by atoms with Gasteiger partial charge in [0.15, 0.2) is 0 Å². The first-order valence-electron chi connectivity index (χ1n) is 9.38. The highest BCUT2D eigenvalue weighted by atomic mass is 79.9. The Labute approximate surface area is 173 Å². The van der Waals surface area contributed by atoms with Gasteiger partial charge >= 0.3 is 0 Å². The second-order valence-electron chi connectivity index (χ2n) is 6.88. The molecule has 5 nitrogen and oxygen atoms in total. The van der Waals surface area contributed by atoms with Crippen molar-refractivity contribution in [2.24, 2.45) is 5.92 Å². The van der Waals surface area contributed by atoms with E-state index in [1.54, 1.807) is 21.9 Å². The Morgan fingerprint density at radius 3 is 2.68 bits per heavy atom. The molecular formula is C22H22BrN3O2. The summed E-state index contributed by atoms with van der Waals surface area (Å²) in [7, 11) is 0. The molecule has 1 saturated heterocycles. The van der Waals surface area contributed by atoms with Crippen LogP contribution in [0.15, 0.2) is 53.0 Å². The van der Waals surface area contributed by atoms with Crippen molar-refractivity contribution in [1.29, 1.82) is 5.26 Å². The highest BCUT2D eigenvalue weighted by Crippen LogP contribution is 2.29. The number of carbonyl (C=O) groups excluding carboxylic acids is 2. The first-order valence-corrected chi connectivity index (χ1v) is 10.2. The molecule has 0 aromatic heterocycles. The second-order valence-corrected chi connectivity index (χ2v) is 7.80. The standard InChI is InChI=1S/C22H22BrN3O2/c1-2-11-25(15-17-8-6-16(14-24)7-9-17)21(27)20-10-12-26(22(20)28)19-5-3-4-18(23)13-19/h3-9,13,20H,2,10-12,15H2,1H3. The molecular weight excluding hydrogens is 418 g/mol. The molecule has 3 rings (SSSR count). The first kappa shape index (κ1) is 20.1. The number of amides is 2. The van der Waals surface area contributed by atoms with Crippen molar-refractivity contribution in [3.63, 3.8) is 0 Å². The molecule has 1 aliphatic heterocycles. The van der Waals surface area contributed by atoms with Crippen molar-refractivity contribution in [2.75, 3.05) is 18.0 Å². The van der Waals surface area contributed by atoms with Gasteiger partial charge in [0, 0.05) is 29.8 Å². The van der Waals surface area contributed by atoms with Gasteiger partial charge in [0.05, 0.1) is 11.6 Å². The van der Waals surface area contributed by atoms with E-state index >= 15 is 0 Å². The van der Waals surface area contributed by atoms with Crippen molar-refractivity contribution in [3.05, 3.63) is 64.1 Å². The second kappa shape index (κ2) is 9.03. The fraction of sp³-hybridized carbons (Fsp3) is 0.318. The van der Waals surface area contributed by atoms with E-state index in [-0.39, 0.29) is 11.8 Å². The summed E-state index contributed by atoms with van der Waals surface area (Å²) in [6.45, 7) is 3.60. The summed E-state index contributed by atoms with van der Waals surface area (Å²) >= 11 is 3.43. The molecule has 0 N–H and O–H groups in total. The summed E-state index contributed by atoms with van der Waals surface area (Å²) in [4.78, 5) is 29.5. The van der Waals surface area contributed by atoms with Gasteiger partial charge in [-0.05, 0) is 48.7 Å². The van der Waals surface area contributed by atoms with Gasteiger partial charge in [-0.2, -0.15) is 5.26 Å². The zero-order valence-corrected chi connectivity index (χ0v) is 17.4. The average Bonchev–Trinajstić information content (AvgIpc) is 3.09. The fourth-order valence-corrected chi connectivity index (χ4v) is 3.86. The van der Waals surface area contributed by atoms with Crippen molar-refractivity contribution < 1.29 is 9.59 Å². The smallest absolute Gasteiger partial charge is 0.239 e. The molecule has 0 spiro atoms. The van der Waals surface area contributed by atoms with E-state index in [1.807, 2.05) is 43.3 Å². The lowest BCUT2D eigenvalue weighted by molar-refractivity contribution is -0.140. The van der Waals surface area contributed by atoms with Gasteiger partial charge in [-0.1, -0.05) is 41.1 Å². The number of hydrogen-bond donors (Lipinski definition) is 0. The van der Waals surface area contributed by atoms with E-state index in [2.05, 4.69) is 22.0 Å². The summed E-state index contributed by atoms with van der Waals surface area (Å²) in [5, 5.41) is 8.93. The predicted molar refractivity (Wildman–Crippen MR) is 111 cm³/mol. The lowest BCUT2D eigenvalue weighted by atomic mass is 10.1. The molecule has 2 aromatic carbocycles. The van der Waals surface area contributed by atoms with Crippen LogP contribution in [-0.2, 0) is 16.1 Å². The van der Waals surface area contributed by atoms with E-state index in [9.17, 15) is 9.59 Å². The third kappa shape index (κ3) is 4.42. The largest absolute Gasteiger partial charge is 0.338 e. The topological polar surface area (TPSA) is 64.4 Å². The zero-order chi connectivity index (χ0) is 20.1. The molecule has 2 aromatic rings. The molecule has 6 heteroatoms. The number of anilines is 1. The molecule has 1 heterocycles. The maximum absolute atomic E-state index is 13.1. The van der Waals surface area contributed by atoms with E-state index in [1.165, 1.54) is 0 Å². The normalized spacial score (nSPS) is 16.1. The SMILES string of the molecule is CCCN(Cc1ccc(C#N)cc1)C(=O)C1CCN(c2cccc(Br)c2)C1=O. The van der Waals surface area contributed by atoms with E-state index in [4.69, 9.17) is 5.26 Å². The lowest BCUT2D eigenvalue weighted by Gasteiger charge is -2.25. The Morgan fingerprint density at radius 1 is 1.29 bits per heavy atom. The van der Waals surface area contributed by atoms with Crippen LogP contribution < -0.4 is 4.90 Å². The average molecular weight is 440 g/mol. The van der Waals surface area contributed by atoms with Crippen molar-refractivity contribution >= 4 is 33.4 Å². The summed E-state index contributed by atoms with van der Waals surface area (Å²) in [5.41, 5.74) is 2.35. The van der Waals surface area contributed by atoms with Crippen LogP contribution in [0.1, 0.15) is 30.9 Å². The Bertz CT molecular complexity index is 905. The van der Waals surface area contributed by atoms with Gasteiger partial charge in [0.25, 0.3) is 0 Å². The zero-order valence-electron chi connectivity index (χ0n) is 15.8. The van der Waals surface area contributed by atoms with Gasteiger partial charge in [0.1, 0.15) is 5.92 Å². The van der Waals surface area contributed by atoms with Crippen LogP contribution in [0.4, 0.5) is 5.69 Å². The molecule has 0 aliphatic carbocycles. The summed E-state index contributed by atoms with van der Waals surface area (Å²) in [5.74, 6) is -0.887. The van der Waals surface area contributed by atoms with Crippen LogP contribution in [0, 0.1) is 17.2 Å². The number of halogens is 1. The quantitative estimate of drug-likeness (QED) is 0.635. The number of rotatable bonds is 6. The maximum atomic E-state index is 13.1. The van der Waals surface area contributed by atoms with E-state index in [0.717, 1.165) is 22.1 Å². The molecule has 0 saturated carbocycles. The van der Waals surface area contributed by atoms with Crippen molar-refractivity contribution in [2.45, 2.75) is 26.3 Å². The first-order chi connectivity index (χ1) is 13.5. The summed E-state index contributed by atoms with van der Waals surface area (Å²) < 4.78 is 0.904. The maximum Gasteiger partial charge on any atom is 0.239 e. The molecule has 0 radical (unpaired) electrons. The van der Waals surface area contributed by atoms with Gasteiger partial charge in [-0.25, -0.2) is 0 Å². The van der Waals surface area contributed by atoms with Gasteiger partial charge in [0.2, 0.25) is 11.8 Å². The number of nitrogens with zero attached hydrogens (tertiary/aromatic N) is 3. The van der Waals surface area contributed by atoms with Crippen LogP contribution in [0.3, 0.4) is 0 Å². The van der Waals surface area contributed by atoms with E-state index in [0.29, 0.717) is 31.6 Å². The van der Waals surface area contributed by atoms with Crippen LogP contribution in [0.5, 0.6) is 0 Å². The number of hydrogen-bond acceptors (Lipinski definition) is 3. The van der Waals surface area contributed by atoms with Crippen LogP contribution in [0.25, 0.3) is 0 Å². The predicted octanol–water partition coefficient (Wildman–Crippen LogP) is 4.11.